The van der Waals surface area contributed by atoms with E-state index >= 15 is 0 Å². The van der Waals surface area contributed by atoms with Gasteiger partial charge in [0.25, 0.3) is 5.91 Å². The Morgan fingerprint density at radius 2 is 1.55 bits per heavy atom. The smallest absolute Gasteiger partial charge is 0.271 e. The molecule has 11 heteroatoms. The Bertz CT molecular complexity index is 2380. The van der Waals surface area contributed by atoms with E-state index in [4.69, 9.17) is 9.47 Å². The SMILES string of the molecule is O=C(NCc1cccc(-c2ccc([C@H]3O[C@@H](CN4CCC5(CC4)C(=O)NCN5c4ccccc4)C[C@@H](c4ccc(CO)cc4)O3)cc2)c1)c1cnc2ccccc2n1. The molecular weight excluding hydrogens is 729 g/mol. The summed E-state index contributed by atoms with van der Waals surface area (Å²) in [6.45, 7) is 3.15. The molecule has 0 saturated carbocycles. The summed E-state index contributed by atoms with van der Waals surface area (Å²) in [5, 5.41) is 15.8. The van der Waals surface area contributed by atoms with Crippen molar-refractivity contribution < 1.29 is 24.2 Å². The molecule has 3 fully saturated rings. The van der Waals surface area contributed by atoms with E-state index in [1.54, 1.807) is 0 Å². The van der Waals surface area contributed by atoms with Crippen molar-refractivity contribution in [2.24, 2.45) is 0 Å². The zero-order valence-electron chi connectivity index (χ0n) is 32.2. The number of aromatic nitrogens is 2. The molecule has 1 aromatic heterocycles. The number of para-hydroxylation sites is 3. The molecule has 3 aliphatic rings. The van der Waals surface area contributed by atoms with Gasteiger partial charge in [-0.3, -0.25) is 14.6 Å². The largest absolute Gasteiger partial charge is 0.392 e. The van der Waals surface area contributed by atoms with Gasteiger partial charge < -0.3 is 35.0 Å². The first-order chi connectivity index (χ1) is 28.4. The maximum absolute atomic E-state index is 13.3. The number of likely N-dealkylation sites (tertiary alicyclic amines) is 1. The molecule has 5 aromatic carbocycles. The van der Waals surface area contributed by atoms with Crippen LogP contribution >= 0.6 is 0 Å². The number of carbonyl (C=O) groups excluding carboxylic acids is 2. The number of aliphatic hydroxyl groups excluding tert-OH is 1. The van der Waals surface area contributed by atoms with Gasteiger partial charge in [-0.2, -0.15) is 0 Å². The molecule has 0 radical (unpaired) electrons. The van der Waals surface area contributed by atoms with E-state index in [1.807, 2.05) is 78.9 Å². The third-order valence-electron chi connectivity index (χ3n) is 11.7. The molecule has 1 spiro atoms. The first-order valence-corrected chi connectivity index (χ1v) is 20.0. The van der Waals surface area contributed by atoms with Crippen LogP contribution in [0.2, 0.25) is 0 Å². The summed E-state index contributed by atoms with van der Waals surface area (Å²) in [7, 11) is 0. The van der Waals surface area contributed by atoms with E-state index in [2.05, 4.69) is 78.9 Å². The lowest BCUT2D eigenvalue weighted by molar-refractivity contribution is -0.253. The number of amides is 2. The van der Waals surface area contributed by atoms with Crippen molar-refractivity contribution >= 4 is 28.5 Å². The van der Waals surface area contributed by atoms with Crippen LogP contribution in [0.1, 0.15) is 64.4 Å². The zero-order valence-corrected chi connectivity index (χ0v) is 32.2. The number of hydrogen-bond donors (Lipinski definition) is 3. The Morgan fingerprint density at radius 3 is 2.33 bits per heavy atom. The quantitative estimate of drug-likeness (QED) is 0.139. The summed E-state index contributed by atoms with van der Waals surface area (Å²) >= 11 is 0. The molecule has 0 bridgehead atoms. The van der Waals surface area contributed by atoms with Crippen LogP contribution in [-0.2, 0) is 27.4 Å². The fraction of sp³-hybridized carbons (Fsp3) is 0.277. The highest BCUT2D eigenvalue weighted by molar-refractivity contribution is 5.94. The first-order valence-electron chi connectivity index (χ1n) is 20.0. The second kappa shape index (κ2) is 16.5. The lowest BCUT2D eigenvalue weighted by Crippen LogP contribution is -2.57. The number of hydrogen-bond acceptors (Lipinski definition) is 9. The highest BCUT2D eigenvalue weighted by Gasteiger charge is 2.50. The van der Waals surface area contributed by atoms with E-state index in [0.29, 0.717) is 25.2 Å². The van der Waals surface area contributed by atoms with Crippen molar-refractivity contribution in [1.29, 1.82) is 0 Å². The predicted molar refractivity (Wildman–Crippen MR) is 221 cm³/mol. The Morgan fingerprint density at radius 1 is 0.810 bits per heavy atom. The van der Waals surface area contributed by atoms with Gasteiger partial charge in [0.1, 0.15) is 11.2 Å². The maximum atomic E-state index is 13.3. The number of nitrogens with zero attached hydrogens (tertiary/aromatic N) is 4. The minimum absolute atomic E-state index is 0.0131. The van der Waals surface area contributed by atoms with Crippen LogP contribution in [-0.4, -0.2) is 69.7 Å². The molecule has 294 valence electrons. The van der Waals surface area contributed by atoms with Crippen LogP contribution in [0.3, 0.4) is 0 Å². The molecule has 58 heavy (non-hydrogen) atoms. The van der Waals surface area contributed by atoms with Crippen LogP contribution in [0.5, 0.6) is 0 Å². The summed E-state index contributed by atoms with van der Waals surface area (Å²) < 4.78 is 13.4. The minimum atomic E-state index is -0.583. The summed E-state index contributed by atoms with van der Waals surface area (Å²) in [6, 6.07) is 42.0. The van der Waals surface area contributed by atoms with Gasteiger partial charge in [-0.05, 0) is 71.0 Å². The number of benzene rings is 5. The number of anilines is 1. The molecular formula is C47H46N6O5. The van der Waals surface area contributed by atoms with Gasteiger partial charge in [0.15, 0.2) is 6.29 Å². The van der Waals surface area contributed by atoms with Gasteiger partial charge in [-0.25, -0.2) is 4.98 Å². The highest BCUT2D eigenvalue weighted by Crippen LogP contribution is 2.40. The topological polar surface area (TPSA) is 129 Å². The molecule has 9 rings (SSSR count). The van der Waals surface area contributed by atoms with Crippen molar-refractivity contribution in [1.82, 2.24) is 25.5 Å². The number of piperidine rings is 1. The third-order valence-corrected chi connectivity index (χ3v) is 11.7. The number of carbonyl (C=O) groups is 2. The Kier molecular flexibility index (Phi) is 10.7. The van der Waals surface area contributed by atoms with E-state index < -0.39 is 11.8 Å². The van der Waals surface area contributed by atoms with Crippen molar-refractivity contribution in [3.63, 3.8) is 0 Å². The van der Waals surface area contributed by atoms with E-state index in [1.165, 1.54) is 6.20 Å². The minimum Gasteiger partial charge on any atom is -0.392 e. The lowest BCUT2D eigenvalue weighted by Gasteiger charge is -2.45. The molecule has 0 unspecified atom stereocenters. The van der Waals surface area contributed by atoms with Gasteiger partial charge in [-0.15, -0.1) is 0 Å². The number of nitrogens with one attached hydrogen (secondary N) is 2. The summed E-state index contributed by atoms with van der Waals surface area (Å²) in [5.41, 5.74) is 8.07. The normalized spacial score (nSPS) is 20.6. The third kappa shape index (κ3) is 7.81. The van der Waals surface area contributed by atoms with Crippen LogP contribution in [0.15, 0.2) is 134 Å². The standard InChI is InChI=1S/C47H46N6O5/c54-30-32-13-15-35(16-14-32)43-26-39(29-52-23-21-47(22-24-52)46(56)50-31-53(47)38-9-2-1-3-10-38)57-45(58-43)36-19-17-34(18-20-36)37-8-6-7-33(25-37)27-49-44(55)42-28-48-40-11-4-5-12-41(40)51-42/h1-20,25,28,39,43,45,54H,21-24,26-27,29-31H2,(H,49,55)(H,50,56)/t39-,43+,45+/m1/s1. The molecule has 0 aliphatic carbocycles. The molecule has 11 nitrogen and oxygen atoms in total. The second-order valence-corrected chi connectivity index (χ2v) is 15.4. The van der Waals surface area contributed by atoms with Gasteiger partial charge in [0.05, 0.1) is 42.7 Å². The number of aliphatic hydroxyl groups is 1. The van der Waals surface area contributed by atoms with E-state index in [0.717, 1.165) is 77.1 Å². The average Bonchev–Trinajstić information content (AvgIpc) is 3.60. The molecule has 2 amide bonds. The van der Waals surface area contributed by atoms with Crippen molar-refractivity contribution in [3.05, 3.63) is 162 Å². The number of rotatable bonds is 10. The van der Waals surface area contributed by atoms with Crippen molar-refractivity contribution in [2.75, 3.05) is 31.2 Å². The molecule has 3 saturated heterocycles. The number of fused-ring (bicyclic) bond motifs is 1. The van der Waals surface area contributed by atoms with Gasteiger partial charge >= 0.3 is 0 Å². The Labute approximate surface area is 337 Å². The van der Waals surface area contributed by atoms with Gasteiger partial charge in [-0.1, -0.05) is 97.1 Å². The number of ether oxygens (including phenoxy) is 2. The van der Waals surface area contributed by atoms with E-state index in [-0.39, 0.29) is 36.3 Å². The molecule has 4 heterocycles. The van der Waals surface area contributed by atoms with Crippen LogP contribution in [0, 0.1) is 0 Å². The molecule has 3 aliphatic heterocycles. The van der Waals surface area contributed by atoms with Crippen LogP contribution in [0.25, 0.3) is 22.2 Å². The lowest BCUT2D eigenvalue weighted by atomic mass is 9.85. The van der Waals surface area contributed by atoms with Gasteiger partial charge in [0.2, 0.25) is 5.91 Å². The molecule has 6 aromatic rings. The molecule has 3 N–H and O–H groups in total. The van der Waals surface area contributed by atoms with Gasteiger partial charge in [0, 0.05) is 43.9 Å². The summed E-state index contributed by atoms with van der Waals surface area (Å²) in [5.74, 6) is -0.166. The van der Waals surface area contributed by atoms with E-state index in [9.17, 15) is 14.7 Å². The molecule has 3 atom stereocenters. The second-order valence-electron chi connectivity index (χ2n) is 15.4. The predicted octanol–water partition coefficient (Wildman–Crippen LogP) is 6.69. The Hall–Kier alpha value is -5.98. The average molecular weight is 775 g/mol. The summed E-state index contributed by atoms with van der Waals surface area (Å²) in [4.78, 5) is 39.7. The monoisotopic (exact) mass is 774 g/mol. The van der Waals surface area contributed by atoms with Crippen LogP contribution in [0.4, 0.5) is 5.69 Å². The fourth-order valence-corrected chi connectivity index (χ4v) is 8.49. The van der Waals surface area contributed by atoms with Crippen LogP contribution < -0.4 is 15.5 Å². The maximum Gasteiger partial charge on any atom is 0.271 e. The van der Waals surface area contributed by atoms with Crippen molar-refractivity contribution in [2.45, 2.75) is 56.5 Å². The Balaban J connectivity index is 0.876. The first kappa shape index (κ1) is 37.6. The highest BCUT2D eigenvalue weighted by atomic mass is 16.7. The van der Waals surface area contributed by atoms with Crippen molar-refractivity contribution in [3.8, 4) is 11.1 Å². The zero-order chi connectivity index (χ0) is 39.5. The summed E-state index contributed by atoms with van der Waals surface area (Å²) in [6.07, 6.45) is 2.77. The fourth-order valence-electron chi connectivity index (χ4n) is 8.49.